The summed E-state index contributed by atoms with van der Waals surface area (Å²) in [6, 6.07) is 8.17. The number of rotatable bonds is 4. The van der Waals surface area contributed by atoms with Gasteiger partial charge in [-0.3, -0.25) is 4.79 Å². The van der Waals surface area contributed by atoms with Crippen LogP contribution in [0, 0.1) is 25.5 Å². The first kappa shape index (κ1) is 15.9. The molecule has 0 fully saturated rings. The zero-order valence-corrected chi connectivity index (χ0v) is 12.7. The quantitative estimate of drug-likeness (QED) is 0.895. The number of amides is 1. The van der Waals surface area contributed by atoms with Crippen molar-refractivity contribution in [1.29, 1.82) is 0 Å². The van der Waals surface area contributed by atoms with Crippen molar-refractivity contribution in [2.45, 2.75) is 26.8 Å². The first-order chi connectivity index (χ1) is 10.4. The van der Waals surface area contributed by atoms with Gasteiger partial charge in [0.05, 0.1) is 5.69 Å². The van der Waals surface area contributed by atoms with Gasteiger partial charge in [0.15, 0.2) is 0 Å². The monoisotopic (exact) mass is 304 g/mol. The van der Waals surface area contributed by atoms with Gasteiger partial charge in [0, 0.05) is 11.8 Å². The lowest BCUT2D eigenvalue weighted by molar-refractivity contribution is -0.116. The van der Waals surface area contributed by atoms with E-state index in [4.69, 9.17) is 0 Å². The van der Waals surface area contributed by atoms with Gasteiger partial charge in [0.25, 0.3) is 0 Å². The fraction of sp³-hybridized carbons (Fsp3) is 0.235. The zero-order valence-electron chi connectivity index (χ0n) is 12.7. The van der Waals surface area contributed by atoms with Gasteiger partial charge in [-0.05, 0) is 44.5 Å². The van der Waals surface area contributed by atoms with Gasteiger partial charge in [0.2, 0.25) is 5.91 Å². The topological polar surface area (TPSA) is 41.1 Å². The first-order valence-corrected chi connectivity index (χ1v) is 6.96. The predicted octanol–water partition coefficient (Wildman–Crippen LogP) is 4.02. The van der Waals surface area contributed by atoms with Gasteiger partial charge in [0.1, 0.15) is 17.7 Å². The van der Waals surface area contributed by atoms with E-state index >= 15 is 0 Å². The number of carbonyl (C=O) groups is 1. The second kappa shape index (κ2) is 6.56. The summed E-state index contributed by atoms with van der Waals surface area (Å²) in [5.41, 5.74) is 2.80. The van der Waals surface area contributed by atoms with Gasteiger partial charge in [-0.15, -0.1) is 0 Å². The lowest BCUT2D eigenvalue weighted by atomic mass is 10.1. The van der Waals surface area contributed by atoms with Crippen molar-refractivity contribution in [1.82, 2.24) is 0 Å². The molecule has 0 saturated carbocycles. The fourth-order valence-electron chi connectivity index (χ4n) is 2.11. The van der Waals surface area contributed by atoms with Crippen LogP contribution in [-0.2, 0) is 4.79 Å². The molecule has 0 aliphatic heterocycles. The van der Waals surface area contributed by atoms with E-state index in [2.05, 4.69) is 10.6 Å². The van der Waals surface area contributed by atoms with Gasteiger partial charge in [-0.1, -0.05) is 17.7 Å². The number of hydrogen-bond acceptors (Lipinski definition) is 2. The number of benzene rings is 2. The minimum absolute atomic E-state index is 0.167. The normalized spacial score (nSPS) is 11.9. The van der Waals surface area contributed by atoms with Gasteiger partial charge in [-0.25, -0.2) is 8.78 Å². The Morgan fingerprint density at radius 3 is 2.45 bits per heavy atom. The number of halogens is 2. The molecular weight excluding hydrogens is 286 g/mol. The third-order valence-electron chi connectivity index (χ3n) is 3.33. The van der Waals surface area contributed by atoms with E-state index in [1.807, 2.05) is 32.0 Å². The van der Waals surface area contributed by atoms with Gasteiger partial charge in [-0.2, -0.15) is 0 Å². The van der Waals surface area contributed by atoms with Gasteiger partial charge >= 0.3 is 0 Å². The molecule has 22 heavy (non-hydrogen) atoms. The van der Waals surface area contributed by atoms with Crippen molar-refractivity contribution in [2.24, 2.45) is 0 Å². The fourth-order valence-corrected chi connectivity index (χ4v) is 2.11. The molecule has 0 spiro atoms. The molecule has 2 aromatic carbocycles. The van der Waals surface area contributed by atoms with E-state index in [0.717, 1.165) is 35.0 Å². The lowest BCUT2D eigenvalue weighted by Crippen LogP contribution is -2.32. The maximum atomic E-state index is 13.5. The van der Waals surface area contributed by atoms with Crippen molar-refractivity contribution in [3.05, 3.63) is 59.2 Å². The molecular formula is C17H18F2N2O. The highest BCUT2D eigenvalue weighted by molar-refractivity contribution is 5.96. The molecule has 2 N–H and O–H groups in total. The number of anilines is 2. The molecule has 1 amide bonds. The molecule has 3 nitrogen and oxygen atoms in total. The predicted molar refractivity (Wildman–Crippen MR) is 84.0 cm³/mol. The van der Waals surface area contributed by atoms with E-state index in [9.17, 15) is 13.6 Å². The minimum Gasteiger partial charge on any atom is -0.374 e. The number of aryl methyl sites for hydroxylation is 2. The summed E-state index contributed by atoms with van der Waals surface area (Å²) < 4.78 is 26.6. The highest BCUT2D eigenvalue weighted by Crippen LogP contribution is 2.19. The molecule has 0 radical (unpaired) electrons. The molecule has 116 valence electrons. The van der Waals surface area contributed by atoms with Crippen molar-refractivity contribution >= 4 is 17.3 Å². The first-order valence-electron chi connectivity index (χ1n) is 6.96. The summed E-state index contributed by atoms with van der Waals surface area (Å²) in [5, 5.41) is 5.45. The maximum Gasteiger partial charge on any atom is 0.246 e. The molecule has 2 rings (SSSR count). The van der Waals surface area contributed by atoms with Crippen LogP contribution >= 0.6 is 0 Å². The summed E-state index contributed by atoms with van der Waals surface area (Å²) >= 11 is 0. The van der Waals surface area contributed by atoms with E-state index in [-0.39, 0.29) is 5.69 Å². The highest BCUT2D eigenvalue weighted by atomic mass is 19.1. The Hall–Kier alpha value is -2.43. The Balaban J connectivity index is 2.07. The van der Waals surface area contributed by atoms with Crippen LogP contribution in [0.3, 0.4) is 0 Å². The van der Waals surface area contributed by atoms with Crippen LogP contribution < -0.4 is 10.6 Å². The van der Waals surface area contributed by atoms with Crippen LogP contribution in [0.15, 0.2) is 36.4 Å². The molecule has 0 heterocycles. The van der Waals surface area contributed by atoms with E-state index in [1.165, 1.54) is 0 Å². The summed E-state index contributed by atoms with van der Waals surface area (Å²) in [4.78, 5) is 12.1. The minimum atomic E-state index is -0.673. The molecule has 5 heteroatoms. The Labute approximate surface area is 128 Å². The van der Waals surface area contributed by atoms with Crippen molar-refractivity contribution in [3.63, 3.8) is 0 Å². The van der Waals surface area contributed by atoms with Crippen LogP contribution in [0.25, 0.3) is 0 Å². The Kier molecular flexibility index (Phi) is 4.75. The van der Waals surface area contributed by atoms with Crippen molar-refractivity contribution in [3.8, 4) is 0 Å². The largest absolute Gasteiger partial charge is 0.374 e. The molecule has 1 atom stereocenters. The standard InChI is InChI=1S/C17H18F2N2O/c1-10-4-7-15(11(2)8-10)20-12(3)17(22)21-16-9-13(18)5-6-14(16)19/h4-9,12,20H,1-3H3,(H,21,22)/t12-/m1/s1. The van der Waals surface area contributed by atoms with Crippen LogP contribution in [0.4, 0.5) is 20.2 Å². The van der Waals surface area contributed by atoms with Crippen LogP contribution in [-0.4, -0.2) is 11.9 Å². The second-order valence-corrected chi connectivity index (χ2v) is 5.30. The van der Waals surface area contributed by atoms with E-state index < -0.39 is 23.6 Å². The summed E-state index contributed by atoms with van der Waals surface area (Å²) in [6.07, 6.45) is 0. The van der Waals surface area contributed by atoms with Crippen LogP contribution in [0.5, 0.6) is 0 Å². The van der Waals surface area contributed by atoms with Gasteiger partial charge < -0.3 is 10.6 Å². The van der Waals surface area contributed by atoms with Crippen LogP contribution in [0.1, 0.15) is 18.1 Å². The Bertz CT molecular complexity index is 701. The van der Waals surface area contributed by atoms with E-state index in [1.54, 1.807) is 6.92 Å². The maximum absolute atomic E-state index is 13.5. The third kappa shape index (κ3) is 3.81. The molecule has 2 aromatic rings. The molecule has 0 aliphatic rings. The van der Waals surface area contributed by atoms with E-state index in [0.29, 0.717) is 0 Å². The number of nitrogens with one attached hydrogen (secondary N) is 2. The van der Waals surface area contributed by atoms with Crippen LogP contribution in [0.2, 0.25) is 0 Å². The SMILES string of the molecule is Cc1ccc(N[C@H](C)C(=O)Nc2cc(F)ccc2F)c(C)c1. The van der Waals surface area contributed by atoms with Crippen molar-refractivity contribution in [2.75, 3.05) is 10.6 Å². The number of hydrogen-bond donors (Lipinski definition) is 2. The molecule has 0 unspecified atom stereocenters. The second-order valence-electron chi connectivity index (χ2n) is 5.30. The highest BCUT2D eigenvalue weighted by Gasteiger charge is 2.15. The lowest BCUT2D eigenvalue weighted by Gasteiger charge is -2.17. The molecule has 0 bridgehead atoms. The smallest absolute Gasteiger partial charge is 0.246 e. The average molecular weight is 304 g/mol. The third-order valence-corrected chi connectivity index (χ3v) is 3.33. The zero-order chi connectivity index (χ0) is 16.3. The number of carbonyl (C=O) groups excluding carboxylic acids is 1. The van der Waals surface area contributed by atoms with Crippen molar-refractivity contribution < 1.29 is 13.6 Å². The summed E-state index contributed by atoms with van der Waals surface area (Å²) in [6.45, 7) is 5.58. The Morgan fingerprint density at radius 1 is 1.05 bits per heavy atom. The summed E-state index contributed by atoms with van der Waals surface area (Å²) in [7, 11) is 0. The Morgan fingerprint density at radius 2 is 1.77 bits per heavy atom. The molecule has 0 aromatic heterocycles. The molecule has 0 aliphatic carbocycles. The summed E-state index contributed by atoms with van der Waals surface area (Å²) in [5.74, 6) is -1.72. The average Bonchev–Trinajstić information content (AvgIpc) is 2.45. The molecule has 0 saturated heterocycles.